The predicted octanol–water partition coefficient (Wildman–Crippen LogP) is 4.94. The van der Waals surface area contributed by atoms with Crippen molar-refractivity contribution in [3.05, 3.63) is 53.6 Å². The molecule has 0 fully saturated rings. The highest BCUT2D eigenvalue weighted by Gasteiger charge is 2.28. The molecule has 1 amide bonds. The first kappa shape index (κ1) is 21.8. The second-order valence-corrected chi connectivity index (χ2v) is 7.59. The summed E-state index contributed by atoms with van der Waals surface area (Å²) >= 11 is 1.52. The zero-order chi connectivity index (χ0) is 19.2. The van der Waals surface area contributed by atoms with Crippen molar-refractivity contribution in [2.75, 3.05) is 19.0 Å². The van der Waals surface area contributed by atoms with Gasteiger partial charge in [-0.3, -0.25) is 4.79 Å². The average molecular weight is 402 g/mol. The maximum Gasteiger partial charge on any atom is 0.338 e. The third-order valence-corrected chi connectivity index (χ3v) is 5.62. The maximum absolute atomic E-state index is 12.5. The molecule has 0 aliphatic carbocycles. The SMILES string of the molecule is C.CCCCOC(=O)c1ccc2c(c1)NC(=O)C(Cc1ccc(OC)cc1)S2. The molecule has 150 valence electrons. The summed E-state index contributed by atoms with van der Waals surface area (Å²) in [6, 6.07) is 13.0. The van der Waals surface area contributed by atoms with Crippen LogP contribution in [0.25, 0.3) is 0 Å². The van der Waals surface area contributed by atoms with Gasteiger partial charge in [-0.25, -0.2) is 4.79 Å². The number of esters is 1. The zero-order valence-electron chi connectivity index (χ0n) is 15.5. The number of nitrogens with one attached hydrogen (secondary N) is 1. The standard InChI is InChI=1S/C21H23NO4S.CH4/c1-3-4-11-26-21(24)15-7-10-18-17(13-15)22-20(23)19(27-18)12-14-5-8-16(25-2)9-6-14;/h5-10,13,19H,3-4,11-12H2,1-2H3,(H,22,23);1H4. The molecule has 3 rings (SSSR count). The summed E-state index contributed by atoms with van der Waals surface area (Å²) in [5, 5.41) is 2.71. The van der Waals surface area contributed by atoms with E-state index in [0.29, 0.717) is 24.3 Å². The number of ether oxygens (including phenoxy) is 2. The van der Waals surface area contributed by atoms with Crippen LogP contribution in [0, 0.1) is 0 Å². The number of hydrogen-bond acceptors (Lipinski definition) is 5. The highest BCUT2D eigenvalue weighted by Crippen LogP contribution is 2.37. The Morgan fingerprint density at radius 1 is 1.18 bits per heavy atom. The first-order chi connectivity index (χ1) is 13.1. The minimum atomic E-state index is -0.356. The van der Waals surface area contributed by atoms with Crippen molar-refractivity contribution in [1.29, 1.82) is 0 Å². The minimum Gasteiger partial charge on any atom is -0.497 e. The van der Waals surface area contributed by atoms with Crippen LogP contribution in [-0.4, -0.2) is 30.8 Å². The fourth-order valence-corrected chi connectivity index (χ4v) is 3.91. The highest BCUT2D eigenvalue weighted by atomic mass is 32.2. The monoisotopic (exact) mass is 401 g/mol. The van der Waals surface area contributed by atoms with Crippen LogP contribution in [0.2, 0.25) is 0 Å². The molecule has 0 bridgehead atoms. The Hall–Kier alpha value is -2.47. The molecule has 1 atom stereocenters. The lowest BCUT2D eigenvalue weighted by atomic mass is 10.1. The van der Waals surface area contributed by atoms with Gasteiger partial charge in [0.05, 0.1) is 30.2 Å². The fourth-order valence-electron chi connectivity index (χ4n) is 2.78. The third-order valence-electron chi connectivity index (χ3n) is 4.35. The van der Waals surface area contributed by atoms with Crippen LogP contribution in [0.15, 0.2) is 47.4 Å². The van der Waals surface area contributed by atoms with Gasteiger partial charge in [0.1, 0.15) is 5.75 Å². The normalized spacial score (nSPS) is 15.1. The molecule has 28 heavy (non-hydrogen) atoms. The maximum atomic E-state index is 12.5. The number of thioether (sulfide) groups is 1. The molecule has 2 aromatic rings. The minimum absolute atomic E-state index is 0. The molecule has 0 aromatic heterocycles. The van der Waals surface area contributed by atoms with Gasteiger partial charge < -0.3 is 14.8 Å². The Balaban J connectivity index is 0.00000280. The van der Waals surface area contributed by atoms with Gasteiger partial charge in [0.25, 0.3) is 0 Å². The lowest BCUT2D eigenvalue weighted by Crippen LogP contribution is -2.30. The number of carbonyl (C=O) groups excluding carboxylic acids is 2. The van der Waals surface area contributed by atoms with E-state index in [1.165, 1.54) is 11.8 Å². The Kier molecular flexibility index (Phi) is 7.93. The van der Waals surface area contributed by atoms with E-state index in [2.05, 4.69) is 5.32 Å². The Morgan fingerprint density at radius 3 is 2.61 bits per heavy atom. The number of hydrogen-bond donors (Lipinski definition) is 1. The molecular weight excluding hydrogens is 374 g/mol. The van der Waals surface area contributed by atoms with Gasteiger partial charge in [-0.05, 0) is 48.7 Å². The van der Waals surface area contributed by atoms with Gasteiger partial charge in [0.2, 0.25) is 5.91 Å². The number of amides is 1. The van der Waals surface area contributed by atoms with Crippen LogP contribution in [-0.2, 0) is 16.0 Å². The summed E-state index contributed by atoms with van der Waals surface area (Å²) in [7, 11) is 1.63. The van der Waals surface area contributed by atoms with Crippen molar-refractivity contribution in [3.8, 4) is 5.75 Å². The molecule has 2 aromatic carbocycles. The lowest BCUT2D eigenvalue weighted by Gasteiger charge is -2.24. The third kappa shape index (κ3) is 5.29. The van der Waals surface area contributed by atoms with E-state index in [4.69, 9.17) is 9.47 Å². The number of fused-ring (bicyclic) bond motifs is 1. The van der Waals surface area contributed by atoms with Crippen LogP contribution in [0.3, 0.4) is 0 Å². The number of unbranched alkanes of at least 4 members (excludes halogenated alkanes) is 1. The van der Waals surface area contributed by atoms with Crippen LogP contribution >= 0.6 is 11.8 Å². The predicted molar refractivity (Wildman–Crippen MR) is 113 cm³/mol. The van der Waals surface area contributed by atoms with E-state index in [1.54, 1.807) is 19.2 Å². The quantitative estimate of drug-likeness (QED) is 0.526. The Bertz CT molecular complexity index is 820. The fraction of sp³-hybridized carbons (Fsp3) is 0.364. The molecule has 0 saturated heterocycles. The molecular formula is C22H27NO4S. The molecule has 0 spiro atoms. The summed E-state index contributed by atoms with van der Waals surface area (Å²) < 4.78 is 10.4. The second kappa shape index (κ2) is 10.2. The van der Waals surface area contributed by atoms with Gasteiger partial charge in [0, 0.05) is 4.90 Å². The molecule has 1 heterocycles. The van der Waals surface area contributed by atoms with E-state index < -0.39 is 0 Å². The molecule has 1 N–H and O–H groups in total. The van der Waals surface area contributed by atoms with Crippen molar-refractivity contribution in [2.45, 2.75) is 43.8 Å². The number of benzene rings is 2. The topological polar surface area (TPSA) is 64.6 Å². The molecule has 0 radical (unpaired) electrons. The van der Waals surface area contributed by atoms with Crippen LogP contribution in [0.5, 0.6) is 5.75 Å². The van der Waals surface area contributed by atoms with Crippen molar-refractivity contribution >= 4 is 29.3 Å². The van der Waals surface area contributed by atoms with Gasteiger partial charge >= 0.3 is 5.97 Å². The summed E-state index contributed by atoms with van der Waals surface area (Å²) in [6.45, 7) is 2.46. The smallest absolute Gasteiger partial charge is 0.338 e. The highest BCUT2D eigenvalue weighted by molar-refractivity contribution is 8.01. The van der Waals surface area contributed by atoms with Crippen molar-refractivity contribution in [3.63, 3.8) is 0 Å². The van der Waals surface area contributed by atoms with E-state index in [1.807, 2.05) is 37.3 Å². The van der Waals surface area contributed by atoms with Crippen LogP contribution in [0.4, 0.5) is 5.69 Å². The summed E-state index contributed by atoms with van der Waals surface area (Å²) in [6.07, 6.45) is 2.44. The van der Waals surface area contributed by atoms with E-state index in [9.17, 15) is 9.59 Å². The van der Waals surface area contributed by atoms with Gasteiger partial charge in [-0.2, -0.15) is 0 Å². The summed E-state index contributed by atoms with van der Waals surface area (Å²) in [5.41, 5.74) is 2.20. The molecule has 1 aliphatic heterocycles. The zero-order valence-corrected chi connectivity index (χ0v) is 16.3. The average Bonchev–Trinajstić information content (AvgIpc) is 2.69. The van der Waals surface area contributed by atoms with Gasteiger partial charge in [-0.15, -0.1) is 11.8 Å². The molecule has 0 saturated carbocycles. The summed E-state index contributed by atoms with van der Waals surface area (Å²) in [4.78, 5) is 25.6. The molecule has 6 heteroatoms. The second-order valence-electron chi connectivity index (χ2n) is 6.35. The number of methoxy groups -OCH3 is 1. The molecule has 1 aliphatic rings. The van der Waals surface area contributed by atoms with E-state index in [0.717, 1.165) is 29.1 Å². The Labute approximate surface area is 170 Å². The summed E-state index contributed by atoms with van der Waals surface area (Å²) in [5.74, 6) is 0.383. The van der Waals surface area contributed by atoms with Gasteiger partial charge in [-0.1, -0.05) is 32.9 Å². The molecule has 5 nitrogen and oxygen atoms in total. The van der Waals surface area contributed by atoms with Crippen molar-refractivity contribution < 1.29 is 19.1 Å². The number of rotatable bonds is 7. The van der Waals surface area contributed by atoms with Crippen LogP contribution in [0.1, 0.15) is 43.1 Å². The Morgan fingerprint density at radius 2 is 1.93 bits per heavy atom. The van der Waals surface area contributed by atoms with E-state index >= 15 is 0 Å². The first-order valence-electron chi connectivity index (χ1n) is 9.02. The lowest BCUT2D eigenvalue weighted by molar-refractivity contribution is -0.115. The van der Waals surface area contributed by atoms with Gasteiger partial charge in [0.15, 0.2) is 0 Å². The van der Waals surface area contributed by atoms with Crippen molar-refractivity contribution in [1.82, 2.24) is 0 Å². The number of anilines is 1. The largest absolute Gasteiger partial charge is 0.497 e. The number of carbonyl (C=O) groups is 2. The van der Waals surface area contributed by atoms with Crippen molar-refractivity contribution in [2.24, 2.45) is 0 Å². The molecule has 1 unspecified atom stereocenters. The first-order valence-corrected chi connectivity index (χ1v) is 9.90. The van der Waals surface area contributed by atoms with E-state index in [-0.39, 0.29) is 24.6 Å². The van der Waals surface area contributed by atoms with Crippen LogP contribution < -0.4 is 10.1 Å².